The predicted octanol–water partition coefficient (Wildman–Crippen LogP) is 5.55. The summed E-state index contributed by atoms with van der Waals surface area (Å²) in [7, 11) is -3.95. The molecule has 0 aromatic rings. The van der Waals surface area contributed by atoms with Crippen LogP contribution in [-0.4, -0.2) is 60.1 Å². The Morgan fingerprint density at radius 1 is 0.800 bits per heavy atom. The topological polar surface area (TPSA) is 57.2 Å². The van der Waals surface area contributed by atoms with Gasteiger partial charge in [0, 0.05) is 19.8 Å². The van der Waals surface area contributed by atoms with E-state index >= 15 is 0 Å². The molecule has 0 aromatic carbocycles. The van der Waals surface area contributed by atoms with E-state index in [2.05, 4.69) is 79.6 Å². The molecule has 7 heteroatoms. The Morgan fingerprint density at radius 2 is 1.27 bits per heavy atom. The van der Waals surface area contributed by atoms with Crippen molar-refractivity contribution in [2.45, 2.75) is 117 Å². The lowest BCUT2D eigenvalue weighted by Gasteiger charge is -2.40. The Labute approximate surface area is 188 Å². The smallest absolute Gasteiger partial charge is 0.222 e. The van der Waals surface area contributed by atoms with Crippen molar-refractivity contribution in [2.75, 3.05) is 19.8 Å². The fourth-order valence-corrected chi connectivity index (χ4v) is 4.58. The van der Waals surface area contributed by atoms with Crippen LogP contribution in [0, 0.1) is 11.8 Å². The molecule has 1 N–H and O–H groups in total. The standard InChI is InChI=1S/C23H48O5Si2/c1-13-25-21(26-14-2)16-15-19(24)20(28-30(11,12)23(6,7)8)17-18-27-29(9,10)22(3,4)5/h19-21,24H,13-14,17-18H2,1-12H3/t19?,20-/m0/s1. The first kappa shape index (κ1) is 29.8. The summed E-state index contributed by atoms with van der Waals surface area (Å²) < 4.78 is 23.8. The molecule has 0 saturated heterocycles. The van der Waals surface area contributed by atoms with Gasteiger partial charge in [-0.2, -0.15) is 0 Å². The Kier molecular flexibility index (Phi) is 12.1. The molecule has 0 spiro atoms. The van der Waals surface area contributed by atoms with E-state index in [1.165, 1.54) is 0 Å². The van der Waals surface area contributed by atoms with Gasteiger partial charge in [0.05, 0.1) is 6.10 Å². The zero-order valence-electron chi connectivity index (χ0n) is 21.6. The average molecular weight is 461 g/mol. The molecule has 0 aliphatic rings. The van der Waals surface area contributed by atoms with E-state index in [0.29, 0.717) is 26.2 Å². The molecule has 0 aromatic heterocycles. The van der Waals surface area contributed by atoms with Gasteiger partial charge in [-0.05, 0) is 62.5 Å². The van der Waals surface area contributed by atoms with Gasteiger partial charge >= 0.3 is 0 Å². The van der Waals surface area contributed by atoms with Crippen LogP contribution in [0.4, 0.5) is 0 Å². The van der Waals surface area contributed by atoms with E-state index < -0.39 is 35.1 Å². The minimum absolute atomic E-state index is 0.0395. The Morgan fingerprint density at radius 3 is 1.67 bits per heavy atom. The summed E-state index contributed by atoms with van der Waals surface area (Å²) in [5, 5.41) is 11.1. The highest BCUT2D eigenvalue weighted by Gasteiger charge is 2.41. The average Bonchev–Trinajstić information content (AvgIpc) is 2.56. The molecule has 2 atom stereocenters. The molecule has 0 rings (SSSR count). The van der Waals surface area contributed by atoms with Crippen LogP contribution in [-0.2, 0) is 18.3 Å². The maximum absolute atomic E-state index is 10.9. The normalized spacial score (nSPS) is 15.7. The maximum atomic E-state index is 10.9. The van der Waals surface area contributed by atoms with Crippen LogP contribution in [0.5, 0.6) is 0 Å². The van der Waals surface area contributed by atoms with Crippen molar-refractivity contribution in [3.05, 3.63) is 0 Å². The summed E-state index contributed by atoms with van der Waals surface area (Å²) in [5.74, 6) is 5.83. The monoisotopic (exact) mass is 460 g/mol. The first-order chi connectivity index (χ1) is 13.5. The predicted molar refractivity (Wildman–Crippen MR) is 131 cm³/mol. The lowest BCUT2D eigenvalue weighted by atomic mass is 10.1. The molecule has 0 bridgehead atoms. The van der Waals surface area contributed by atoms with Gasteiger partial charge in [-0.3, -0.25) is 0 Å². The fraction of sp³-hybridized carbons (Fsp3) is 0.913. The van der Waals surface area contributed by atoms with E-state index in [1.54, 1.807) is 0 Å². The molecular weight excluding hydrogens is 412 g/mol. The van der Waals surface area contributed by atoms with E-state index in [1.807, 2.05) is 13.8 Å². The minimum Gasteiger partial charge on any atom is -0.417 e. The highest BCUT2D eigenvalue weighted by atomic mass is 28.4. The lowest BCUT2D eigenvalue weighted by molar-refractivity contribution is -0.0972. The Balaban J connectivity index is 5.44. The van der Waals surface area contributed by atoms with Crippen molar-refractivity contribution in [3.63, 3.8) is 0 Å². The number of hydrogen-bond acceptors (Lipinski definition) is 5. The number of aliphatic hydroxyl groups is 1. The summed E-state index contributed by atoms with van der Waals surface area (Å²) in [4.78, 5) is 0. The van der Waals surface area contributed by atoms with Crippen molar-refractivity contribution in [2.24, 2.45) is 0 Å². The third kappa shape index (κ3) is 9.94. The Hall–Kier alpha value is -0.206. The van der Waals surface area contributed by atoms with Crippen LogP contribution < -0.4 is 0 Å². The van der Waals surface area contributed by atoms with Crippen LogP contribution in [0.1, 0.15) is 61.8 Å². The zero-order chi connectivity index (χ0) is 23.8. The van der Waals surface area contributed by atoms with Gasteiger partial charge in [0.2, 0.25) is 6.29 Å². The summed E-state index contributed by atoms with van der Waals surface area (Å²) in [5.41, 5.74) is 0. The molecule has 0 aliphatic heterocycles. The summed E-state index contributed by atoms with van der Waals surface area (Å²) in [6, 6.07) is 0. The molecule has 5 nitrogen and oxygen atoms in total. The summed E-state index contributed by atoms with van der Waals surface area (Å²) in [6.45, 7) is 27.5. The largest absolute Gasteiger partial charge is 0.417 e. The molecule has 0 fully saturated rings. The van der Waals surface area contributed by atoms with Gasteiger partial charge < -0.3 is 23.4 Å². The van der Waals surface area contributed by atoms with Crippen LogP contribution in [0.3, 0.4) is 0 Å². The highest BCUT2D eigenvalue weighted by molar-refractivity contribution is 6.74. The maximum Gasteiger partial charge on any atom is 0.222 e. The van der Waals surface area contributed by atoms with Gasteiger partial charge in [-0.15, -0.1) is 0 Å². The van der Waals surface area contributed by atoms with Crippen LogP contribution in [0.15, 0.2) is 0 Å². The van der Waals surface area contributed by atoms with Crippen LogP contribution in [0.2, 0.25) is 36.3 Å². The molecule has 30 heavy (non-hydrogen) atoms. The van der Waals surface area contributed by atoms with Gasteiger partial charge in [-0.25, -0.2) is 0 Å². The molecular formula is C23H48O5Si2. The SMILES string of the molecule is CCOC(C#CC(O)[C@H](CCO[Si](C)(C)C(C)(C)C)O[Si](C)(C)C(C)(C)C)OCC. The van der Waals surface area contributed by atoms with Gasteiger partial charge in [0.15, 0.2) is 16.6 Å². The van der Waals surface area contributed by atoms with Crippen molar-refractivity contribution in [3.8, 4) is 11.8 Å². The molecule has 178 valence electrons. The van der Waals surface area contributed by atoms with Crippen molar-refractivity contribution in [1.82, 2.24) is 0 Å². The molecule has 0 saturated carbocycles. The highest BCUT2D eigenvalue weighted by Crippen LogP contribution is 2.39. The minimum atomic E-state index is -2.08. The van der Waals surface area contributed by atoms with Gasteiger partial charge in [0.1, 0.15) is 6.10 Å². The molecule has 0 aliphatic carbocycles. The lowest BCUT2D eigenvalue weighted by Crippen LogP contribution is -2.48. The van der Waals surface area contributed by atoms with Crippen LogP contribution in [0.25, 0.3) is 0 Å². The second kappa shape index (κ2) is 12.1. The van der Waals surface area contributed by atoms with E-state index in [9.17, 15) is 5.11 Å². The second-order valence-electron chi connectivity index (χ2n) is 10.8. The number of rotatable bonds is 11. The van der Waals surface area contributed by atoms with Crippen molar-refractivity contribution in [1.29, 1.82) is 0 Å². The van der Waals surface area contributed by atoms with Crippen LogP contribution >= 0.6 is 0 Å². The number of ether oxygens (including phenoxy) is 2. The third-order valence-corrected chi connectivity index (χ3v) is 15.3. The first-order valence-corrected chi connectivity index (χ1v) is 17.0. The zero-order valence-corrected chi connectivity index (χ0v) is 23.6. The quantitative estimate of drug-likeness (QED) is 0.249. The first-order valence-electron chi connectivity index (χ1n) is 11.2. The molecule has 0 heterocycles. The van der Waals surface area contributed by atoms with Crippen molar-refractivity contribution >= 4 is 16.6 Å². The third-order valence-electron chi connectivity index (χ3n) is 6.26. The molecule has 0 amide bonds. The van der Waals surface area contributed by atoms with Crippen molar-refractivity contribution < 1.29 is 23.4 Å². The van der Waals surface area contributed by atoms with Gasteiger partial charge in [-0.1, -0.05) is 47.5 Å². The van der Waals surface area contributed by atoms with Gasteiger partial charge in [0.25, 0.3) is 0 Å². The van der Waals surface area contributed by atoms with E-state index in [0.717, 1.165) is 0 Å². The summed E-state index contributed by atoms with van der Waals surface area (Å²) in [6.07, 6.45) is -1.37. The second-order valence-corrected chi connectivity index (χ2v) is 20.4. The van der Waals surface area contributed by atoms with E-state index in [-0.39, 0.29) is 10.1 Å². The molecule has 1 unspecified atom stereocenters. The number of hydrogen-bond donors (Lipinski definition) is 1. The number of aliphatic hydroxyl groups excluding tert-OH is 1. The Bertz CT molecular complexity index is 547. The fourth-order valence-electron chi connectivity index (χ4n) is 2.16. The van der Waals surface area contributed by atoms with E-state index in [4.69, 9.17) is 18.3 Å². The molecule has 0 radical (unpaired) electrons. The summed E-state index contributed by atoms with van der Waals surface area (Å²) >= 11 is 0.